The summed E-state index contributed by atoms with van der Waals surface area (Å²) in [5.41, 5.74) is 0. The van der Waals surface area contributed by atoms with Crippen molar-refractivity contribution in [3.8, 4) is 0 Å². The van der Waals surface area contributed by atoms with E-state index in [0.717, 1.165) is 0 Å². The molecule has 2 heterocycles. The molecule has 21 heavy (non-hydrogen) atoms. The maximum absolute atomic E-state index is 12.7. The third kappa shape index (κ3) is 3.09. The van der Waals surface area contributed by atoms with Crippen molar-refractivity contribution in [3.63, 3.8) is 0 Å². The lowest BCUT2D eigenvalue weighted by Gasteiger charge is -2.40. The predicted octanol–water partition coefficient (Wildman–Crippen LogP) is 1.81. The fraction of sp³-hybridized carbons (Fsp3) is 0.667. The van der Waals surface area contributed by atoms with Gasteiger partial charge in [-0.3, -0.25) is 9.59 Å². The van der Waals surface area contributed by atoms with Crippen LogP contribution in [0.4, 0.5) is 0 Å². The Labute approximate surface area is 124 Å². The van der Waals surface area contributed by atoms with Crippen LogP contribution in [0.3, 0.4) is 0 Å². The van der Waals surface area contributed by atoms with Gasteiger partial charge in [0.25, 0.3) is 0 Å². The highest BCUT2D eigenvalue weighted by molar-refractivity contribution is 5.96. The van der Waals surface area contributed by atoms with Crippen molar-refractivity contribution in [2.24, 2.45) is 5.92 Å². The Kier molecular flexibility index (Phi) is 4.34. The van der Waals surface area contributed by atoms with E-state index in [-0.39, 0.29) is 17.9 Å². The van der Waals surface area contributed by atoms with Gasteiger partial charge < -0.3 is 14.6 Å². The second kappa shape index (κ2) is 5.87. The molecule has 2 amide bonds. The van der Waals surface area contributed by atoms with E-state index in [1.807, 2.05) is 20.8 Å². The predicted molar refractivity (Wildman–Crippen MR) is 77.3 cm³/mol. The minimum atomic E-state index is -0.525. The molecule has 0 spiro atoms. The number of rotatable bonds is 4. The van der Waals surface area contributed by atoms with E-state index in [4.69, 9.17) is 4.42 Å². The first-order chi connectivity index (χ1) is 9.81. The lowest BCUT2D eigenvalue weighted by Crippen LogP contribution is -2.63. The summed E-state index contributed by atoms with van der Waals surface area (Å²) in [7, 11) is 0. The van der Waals surface area contributed by atoms with Crippen molar-refractivity contribution in [1.29, 1.82) is 0 Å². The average molecular weight is 293 g/mol. The Morgan fingerprint density at radius 2 is 2.05 bits per heavy atom. The molecule has 2 rings (SSSR count). The van der Waals surface area contributed by atoms with Crippen molar-refractivity contribution in [2.75, 3.05) is 0 Å². The maximum Gasteiger partial charge on any atom is 0.246 e. The summed E-state index contributed by atoms with van der Waals surface area (Å²) < 4.78 is 5.51. The lowest BCUT2D eigenvalue weighted by atomic mass is 9.97. The zero-order valence-electron chi connectivity index (χ0n) is 13.2. The zero-order chi connectivity index (χ0) is 15.7. The van der Waals surface area contributed by atoms with Crippen LogP contribution in [0.25, 0.3) is 0 Å². The molecule has 116 valence electrons. The Balaban J connectivity index is 2.25. The van der Waals surface area contributed by atoms with Gasteiger partial charge in [-0.25, -0.2) is 4.98 Å². The number of aryl methyl sites for hydroxylation is 1. The van der Waals surface area contributed by atoms with Crippen molar-refractivity contribution in [1.82, 2.24) is 15.2 Å². The normalized spacial score (nSPS) is 24.4. The minimum absolute atomic E-state index is 0.0702. The van der Waals surface area contributed by atoms with Gasteiger partial charge in [0.2, 0.25) is 17.7 Å². The van der Waals surface area contributed by atoms with Crippen molar-refractivity contribution < 1.29 is 14.0 Å². The monoisotopic (exact) mass is 293 g/mol. The van der Waals surface area contributed by atoms with Gasteiger partial charge in [0.15, 0.2) is 0 Å². The Hall–Kier alpha value is -1.85. The number of carbonyl (C=O) groups excluding carboxylic acids is 2. The number of nitrogens with zero attached hydrogens (tertiary/aromatic N) is 2. The van der Waals surface area contributed by atoms with Crippen LogP contribution in [0.2, 0.25) is 0 Å². The summed E-state index contributed by atoms with van der Waals surface area (Å²) in [5, 5.41) is 2.81. The van der Waals surface area contributed by atoms with E-state index in [9.17, 15) is 9.59 Å². The molecule has 6 heteroatoms. The number of hydrogen-bond acceptors (Lipinski definition) is 4. The van der Waals surface area contributed by atoms with E-state index in [1.165, 1.54) is 0 Å². The van der Waals surface area contributed by atoms with Gasteiger partial charge in [-0.05, 0) is 33.1 Å². The largest absolute Gasteiger partial charge is 0.444 e. The highest BCUT2D eigenvalue weighted by Gasteiger charge is 2.41. The average Bonchev–Trinajstić information content (AvgIpc) is 2.82. The van der Waals surface area contributed by atoms with Crippen LogP contribution in [0, 0.1) is 12.8 Å². The maximum atomic E-state index is 12.7. The summed E-state index contributed by atoms with van der Waals surface area (Å²) in [6.45, 7) is 9.43. The first-order valence-corrected chi connectivity index (χ1v) is 7.36. The highest BCUT2D eigenvalue weighted by Crippen LogP contribution is 2.26. The van der Waals surface area contributed by atoms with Gasteiger partial charge in [-0.15, -0.1) is 0 Å². The smallest absolute Gasteiger partial charge is 0.246 e. The Bertz CT molecular complexity index is 538. The molecule has 0 bridgehead atoms. The highest BCUT2D eigenvalue weighted by atomic mass is 16.4. The molecule has 0 aromatic carbocycles. The summed E-state index contributed by atoms with van der Waals surface area (Å²) in [6, 6.07) is -1.35. The van der Waals surface area contributed by atoms with Crippen molar-refractivity contribution in [2.45, 2.75) is 59.2 Å². The SMILES string of the molecule is Cc1cnc(C(C)N2C(=O)C(CC(C)C)NC(=O)C2C)o1. The molecule has 1 N–H and O–H groups in total. The quantitative estimate of drug-likeness (QED) is 0.918. The van der Waals surface area contributed by atoms with E-state index < -0.39 is 12.1 Å². The summed E-state index contributed by atoms with van der Waals surface area (Å²) in [6.07, 6.45) is 2.25. The summed E-state index contributed by atoms with van der Waals surface area (Å²) >= 11 is 0. The van der Waals surface area contributed by atoms with Crippen LogP contribution in [0.1, 0.15) is 51.8 Å². The number of piperazine rings is 1. The number of hydrogen-bond donors (Lipinski definition) is 1. The summed E-state index contributed by atoms with van der Waals surface area (Å²) in [4.78, 5) is 30.6. The van der Waals surface area contributed by atoms with E-state index in [2.05, 4.69) is 10.3 Å². The molecule has 1 aromatic heterocycles. The molecule has 0 saturated carbocycles. The van der Waals surface area contributed by atoms with Crippen LogP contribution < -0.4 is 5.32 Å². The molecule has 1 saturated heterocycles. The number of carbonyl (C=O) groups is 2. The van der Waals surface area contributed by atoms with Gasteiger partial charge in [-0.1, -0.05) is 13.8 Å². The molecule has 3 unspecified atom stereocenters. The minimum Gasteiger partial charge on any atom is -0.444 e. The lowest BCUT2D eigenvalue weighted by molar-refractivity contribution is -0.152. The van der Waals surface area contributed by atoms with Crippen molar-refractivity contribution >= 4 is 11.8 Å². The first-order valence-electron chi connectivity index (χ1n) is 7.36. The second-order valence-electron chi connectivity index (χ2n) is 6.10. The van der Waals surface area contributed by atoms with Crippen LogP contribution >= 0.6 is 0 Å². The molecule has 1 aliphatic heterocycles. The van der Waals surface area contributed by atoms with Gasteiger partial charge >= 0.3 is 0 Å². The number of oxazole rings is 1. The van der Waals surface area contributed by atoms with Crippen LogP contribution in [-0.2, 0) is 9.59 Å². The second-order valence-corrected chi connectivity index (χ2v) is 6.10. The van der Waals surface area contributed by atoms with Gasteiger partial charge in [-0.2, -0.15) is 0 Å². The van der Waals surface area contributed by atoms with E-state index >= 15 is 0 Å². The molecular formula is C15H23N3O3. The van der Waals surface area contributed by atoms with Gasteiger partial charge in [0.05, 0.1) is 6.20 Å². The fourth-order valence-electron chi connectivity index (χ4n) is 2.69. The third-order valence-corrected chi connectivity index (χ3v) is 3.79. The molecule has 1 aromatic rings. The fourth-order valence-corrected chi connectivity index (χ4v) is 2.69. The molecule has 1 aliphatic rings. The van der Waals surface area contributed by atoms with Gasteiger partial charge in [0, 0.05) is 0 Å². The summed E-state index contributed by atoms with van der Waals surface area (Å²) in [5.74, 6) is 1.28. The molecule has 6 nitrogen and oxygen atoms in total. The standard InChI is InChI=1S/C15H23N3O3/c1-8(2)6-12-15(20)18(10(4)13(19)17-12)11(5)14-16-7-9(3)21-14/h7-8,10-12H,6H2,1-5H3,(H,17,19). The molecule has 1 fully saturated rings. The zero-order valence-corrected chi connectivity index (χ0v) is 13.2. The van der Waals surface area contributed by atoms with Crippen LogP contribution in [0.5, 0.6) is 0 Å². The number of amides is 2. The molecular weight excluding hydrogens is 270 g/mol. The molecule has 0 radical (unpaired) electrons. The molecule has 0 aliphatic carbocycles. The van der Waals surface area contributed by atoms with E-state index in [1.54, 1.807) is 24.9 Å². The van der Waals surface area contributed by atoms with Crippen molar-refractivity contribution in [3.05, 3.63) is 17.8 Å². The Morgan fingerprint density at radius 1 is 1.38 bits per heavy atom. The first kappa shape index (κ1) is 15.5. The topological polar surface area (TPSA) is 75.4 Å². The third-order valence-electron chi connectivity index (χ3n) is 3.79. The van der Waals surface area contributed by atoms with E-state index in [0.29, 0.717) is 24.0 Å². The number of aromatic nitrogens is 1. The van der Waals surface area contributed by atoms with Crippen LogP contribution in [0.15, 0.2) is 10.6 Å². The van der Waals surface area contributed by atoms with Crippen LogP contribution in [-0.4, -0.2) is 33.8 Å². The van der Waals surface area contributed by atoms with Gasteiger partial charge in [0.1, 0.15) is 23.9 Å². The number of nitrogens with one attached hydrogen (secondary N) is 1. The molecule has 3 atom stereocenters. The Morgan fingerprint density at radius 3 is 2.57 bits per heavy atom.